The third-order valence-corrected chi connectivity index (χ3v) is 2.68. The number of aryl methyl sites for hydroxylation is 1. The Morgan fingerprint density at radius 3 is 2.80 bits per heavy atom. The minimum Gasteiger partial charge on any atom is -0.346 e. The van der Waals surface area contributed by atoms with E-state index in [1.807, 2.05) is 26.0 Å². The van der Waals surface area contributed by atoms with Gasteiger partial charge in [0.1, 0.15) is 4.64 Å². The summed E-state index contributed by atoms with van der Waals surface area (Å²) in [6, 6.07) is 3.98. The maximum Gasteiger partial charge on any atom is 0.132 e. The van der Waals surface area contributed by atoms with Crippen LogP contribution in [0, 0.1) is 18.5 Å². The second kappa shape index (κ2) is 3.90. The molecule has 4 heteroatoms. The van der Waals surface area contributed by atoms with Crippen molar-refractivity contribution in [1.29, 1.82) is 0 Å². The molecule has 0 fully saturated rings. The van der Waals surface area contributed by atoms with Gasteiger partial charge >= 0.3 is 0 Å². The van der Waals surface area contributed by atoms with Gasteiger partial charge in [0.25, 0.3) is 0 Å². The topological polar surface area (TPSA) is 41.6 Å². The molecule has 0 atom stereocenters. The van der Waals surface area contributed by atoms with Crippen molar-refractivity contribution < 1.29 is 0 Å². The largest absolute Gasteiger partial charge is 0.346 e. The lowest BCUT2D eigenvalue weighted by Gasteiger charge is -2.05. The van der Waals surface area contributed by atoms with E-state index in [2.05, 4.69) is 15.0 Å². The van der Waals surface area contributed by atoms with Crippen molar-refractivity contribution in [3.05, 3.63) is 40.6 Å². The molecule has 0 bridgehead atoms. The van der Waals surface area contributed by atoms with Crippen molar-refractivity contribution >= 4 is 12.2 Å². The third kappa shape index (κ3) is 1.94. The van der Waals surface area contributed by atoms with Gasteiger partial charge in [-0.2, -0.15) is 0 Å². The summed E-state index contributed by atoms with van der Waals surface area (Å²) in [5, 5.41) is 0. The van der Waals surface area contributed by atoms with Crippen molar-refractivity contribution in [2.24, 2.45) is 0 Å². The van der Waals surface area contributed by atoms with Crippen LogP contribution in [0.2, 0.25) is 0 Å². The van der Waals surface area contributed by atoms with E-state index < -0.39 is 0 Å². The highest BCUT2D eigenvalue weighted by molar-refractivity contribution is 7.71. The number of pyridine rings is 1. The van der Waals surface area contributed by atoms with Crippen LogP contribution in [0.4, 0.5) is 0 Å². The van der Waals surface area contributed by atoms with Crippen LogP contribution in [0.25, 0.3) is 11.3 Å². The van der Waals surface area contributed by atoms with E-state index in [1.165, 1.54) is 0 Å². The first kappa shape index (κ1) is 9.98. The summed E-state index contributed by atoms with van der Waals surface area (Å²) >= 11 is 5.13. The summed E-state index contributed by atoms with van der Waals surface area (Å²) in [6.07, 6.45) is 3.42. The van der Waals surface area contributed by atoms with Crippen LogP contribution in [-0.2, 0) is 0 Å². The molecule has 2 aromatic rings. The van der Waals surface area contributed by atoms with Gasteiger partial charge in [0, 0.05) is 23.0 Å². The molecule has 0 amide bonds. The Morgan fingerprint density at radius 2 is 2.07 bits per heavy atom. The molecular formula is C11H11N3S. The van der Waals surface area contributed by atoms with Gasteiger partial charge in [-0.3, -0.25) is 4.98 Å². The molecule has 0 aliphatic carbocycles. The number of hydrogen-bond acceptors (Lipinski definition) is 3. The van der Waals surface area contributed by atoms with Crippen molar-refractivity contribution in [3.8, 4) is 11.3 Å². The van der Waals surface area contributed by atoms with E-state index in [-0.39, 0.29) is 0 Å². The van der Waals surface area contributed by atoms with E-state index in [0.29, 0.717) is 4.64 Å². The number of rotatable bonds is 1. The quantitative estimate of drug-likeness (QED) is 0.747. The highest BCUT2D eigenvalue weighted by Crippen LogP contribution is 2.20. The number of nitrogens with zero attached hydrogens (tertiary/aromatic N) is 2. The fourth-order valence-electron chi connectivity index (χ4n) is 1.47. The van der Waals surface area contributed by atoms with Crippen LogP contribution in [0.5, 0.6) is 0 Å². The minimum absolute atomic E-state index is 0.637. The number of aromatic amines is 1. The first-order chi connectivity index (χ1) is 7.18. The van der Waals surface area contributed by atoms with Crippen molar-refractivity contribution in [3.63, 3.8) is 0 Å². The Balaban J connectivity index is 2.64. The number of hydrogen-bond donors (Lipinski definition) is 1. The van der Waals surface area contributed by atoms with E-state index in [9.17, 15) is 0 Å². The summed E-state index contributed by atoms with van der Waals surface area (Å²) in [6.45, 7) is 3.94. The highest BCUT2D eigenvalue weighted by atomic mass is 32.1. The standard InChI is InChI=1S/C11H11N3S/c1-7-5-9(3-4-12-7)10-8(2)11(15)14-6-13-10/h3-6H,1-2H3,(H,13,14,15). The van der Waals surface area contributed by atoms with Gasteiger partial charge in [-0.05, 0) is 26.0 Å². The predicted molar refractivity (Wildman–Crippen MR) is 62.1 cm³/mol. The van der Waals surface area contributed by atoms with Crippen molar-refractivity contribution in [2.75, 3.05) is 0 Å². The van der Waals surface area contributed by atoms with Gasteiger partial charge in [-0.25, -0.2) is 4.98 Å². The Kier molecular flexibility index (Phi) is 2.60. The van der Waals surface area contributed by atoms with E-state index in [1.54, 1.807) is 12.5 Å². The SMILES string of the molecule is Cc1cc(-c2[nH]cnc(=S)c2C)ccn1. The second-order valence-corrected chi connectivity index (χ2v) is 3.78. The lowest BCUT2D eigenvalue weighted by Crippen LogP contribution is -1.92. The van der Waals surface area contributed by atoms with Gasteiger partial charge in [-0.1, -0.05) is 12.2 Å². The van der Waals surface area contributed by atoms with Gasteiger partial charge in [0.05, 0.1) is 12.0 Å². The molecule has 0 aliphatic rings. The molecule has 1 N–H and O–H groups in total. The zero-order chi connectivity index (χ0) is 10.8. The fourth-order valence-corrected chi connectivity index (χ4v) is 1.62. The van der Waals surface area contributed by atoms with Gasteiger partial charge in [-0.15, -0.1) is 0 Å². The zero-order valence-corrected chi connectivity index (χ0v) is 9.43. The molecule has 0 aromatic carbocycles. The lowest BCUT2D eigenvalue weighted by molar-refractivity contribution is 1.11. The van der Waals surface area contributed by atoms with E-state index in [4.69, 9.17) is 12.2 Å². The molecule has 0 saturated carbocycles. The Bertz CT molecular complexity index is 546. The minimum atomic E-state index is 0.637. The maximum absolute atomic E-state index is 5.13. The molecule has 76 valence electrons. The summed E-state index contributed by atoms with van der Waals surface area (Å²) in [4.78, 5) is 11.3. The summed E-state index contributed by atoms with van der Waals surface area (Å²) in [5.41, 5.74) is 4.09. The Morgan fingerprint density at radius 1 is 1.27 bits per heavy atom. The zero-order valence-electron chi connectivity index (χ0n) is 8.61. The number of H-pyrrole nitrogens is 1. The molecular weight excluding hydrogens is 206 g/mol. The average Bonchev–Trinajstić information content (AvgIpc) is 2.22. The van der Waals surface area contributed by atoms with E-state index >= 15 is 0 Å². The van der Waals surface area contributed by atoms with Crippen molar-refractivity contribution in [2.45, 2.75) is 13.8 Å². The van der Waals surface area contributed by atoms with E-state index in [0.717, 1.165) is 22.5 Å². The van der Waals surface area contributed by atoms with Gasteiger partial charge in [0.15, 0.2) is 0 Å². The van der Waals surface area contributed by atoms with Crippen LogP contribution in [0.1, 0.15) is 11.3 Å². The molecule has 0 saturated heterocycles. The summed E-state index contributed by atoms with van der Waals surface area (Å²) in [7, 11) is 0. The summed E-state index contributed by atoms with van der Waals surface area (Å²) in [5.74, 6) is 0. The molecule has 3 nitrogen and oxygen atoms in total. The molecule has 0 unspecified atom stereocenters. The average molecular weight is 217 g/mol. The first-order valence-electron chi connectivity index (χ1n) is 4.66. The number of aromatic nitrogens is 3. The molecule has 0 aliphatic heterocycles. The third-order valence-electron chi connectivity index (χ3n) is 2.27. The fraction of sp³-hybridized carbons (Fsp3) is 0.182. The summed E-state index contributed by atoms with van der Waals surface area (Å²) < 4.78 is 0.637. The smallest absolute Gasteiger partial charge is 0.132 e. The van der Waals surface area contributed by atoms with Crippen LogP contribution >= 0.6 is 12.2 Å². The normalized spacial score (nSPS) is 10.3. The van der Waals surface area contributed by atoms with Crippen molar-refractivity contribution in [1.82, 2.24) is 15.0 Å². The van der Waals surface area contributed by atoms with Crippen LogP contribution in [0.3, 0.4) is 0 Å². The molecule has 2 rings (SSSR count). The number of nitrogens with one attached hydrogen (secondary N) is 1. The first-order valence-corrected chi connectivity index (χ1v) is 5.06. The lowest BCUT2D eigenvalue weighted by atomic mass is 10.1. The Labute approximate surface area is 93.2 Å². The maximum atomic E-state index is 5.13. The monoisotopic (exact) mass is 217 g/mol. The predicted octanol–water partition coefficient (Wildman–Crippen LogP) is 2.82. The van der Waals surface area contributed by atoms with Crippen LogP contribution < -0.4 is 0 Å². The second-order valence-electron chi connectivity index (χ2n) is 3.39. The van der Waals surface area contributed by atoms with Crippen LogP contribution in [0.15, 0.2) is 24.7 Å². The highest BCUT2D eigenvalue weighted by Gasteiger charge is 2.03. The molecule has 2 heterocycles. The molecule has 0 radical (unpaired) electrons. The van der Waals surface area contributed by atoms with Crippen LogP contribution in [-0.4, -0.2) is 15.0 Å². The molecule has 2 aromatic heterocycles. The van der Waals surface area contributed by atoms with Gasteiger partial charge < -0.3 is 4.98 Å². The molecule has 0 spiro atoms. The molecule has 15 heavy (non-hydrogen) atoms. The van der Waals surface area contributed by atoms with Gasteiger partial charge in [0.2, 0.25) is 0 Å². The Hall–Kier alpha value is -1.55.